The molecule has 1 aromatic rings. The first-order chi connectivity index (χ1) is 11.8. The molecule has 0 spiro atoms. The zero-order chi connectivity index (χ0) is 16.8. The lowest BCUT2D eigenvalue weighted by Gasteiger charge is -2.35. The largest absolute Gasteiger partial charge is 0.334 e. The third-order valence-corrected chi connectivity index (χ3v) is 6.08. The van der Waals surface area contributed by atoms with Gasteiger partial charge in [-0.1, -0.05) is 6.42 Å². The van der Waals surface area contributed by atoms with Gasteiger partial charge in [0.2, 0.25) is 0 Å². The molecule has 1 amide bonds. The predicted octanol–water partition coefficient (Wildman–Crippen LogP) is 2.99. The highest BCUT2D eigenvalue weighted by Gasteiger charge is 2.28. The van der Waals surface area contributed by atoms with Gasteiger partial charge in [-0.3, -0.25) is 4.79 Å². The molecular formula is C19H25N3OS. The third kappa shape index (κ3) is 4.31. The molecule has 0 aliphatic carbocycles. The highest BCUT2D eigenvalue weighted by molar-refractivity contribution is 7.99. The van der Waals surface area contributed by atoms with Crippen molar-refractivity contribution >= 4 is 17.7 Å². The quantitative estimate of drug-likeness (QED) is 0.846. The highest BCUT2D eigenvalue weighted by Crippen LogP contribution is 2.21. The van der Waals surface area contributed by atoms with Gasteiger partial charge in [-0.15, -0.1) is 0 Å². The van der Waals surface area contributed by atoms with E-state index < -0.39 is 0 Å². The minimum absolute atomic E-state index is 0.115. The molecule has 0 N–H and O–H groups in total. The van der Waals surface area contributed by atoms with Gasteiger partial charge in [0, 0.05) is 24.4 Å². The van der Waals surface area contributed by atoms with Crippen LogP contribution in [0.5, 0.6) is 0 Å². The van der Waals surface area contributed by atoms with Crippen molar-refractivity contribution in [1.82, 2.24) is 9.80 Å². The van der Waals surface area contributed by atoms with E-state index >= 15 is 0 Å². The molecule has 4 nitrogen and oxygen atoms in total. The van der Waals surface area contributed by atoms with E-state index in [4.69, 9.17) is 5.26 Å². The maximum absolute atomic E-state index is 13.0. The van der Waals surface area contributed by atoms with E-state index in [1.165, 1.54) is 32.4 Å². The van der Waals surface area contributed by atoms with Gasteiger partial charge in [0.1, 0.15) is 0 Å². The summed E-state index contributed by atoms with van der Waals surface area (Å²) in [5.74, 6) is 2.27. The average molecular weight is 343 g/mol. The number of nitrogens with zero attached hydrogens (tertiary/aromatic N) is 3. The number of carbonyl (C=O) groups excluding carboxylic acids is 1. The topological polar surface area (TPSA) is 47.3 Å². The lowest BCUT2D eigenvalue weighted by Crippen LogP contribution is -2.49. The molecule has 2 heterocycles. The van der Waals surface area contributed by atoms with Crippen molar-refractivity contribution in [3.63, 3.8) is 0 Å². The molecule has 0 radical (unpaired) electrons. The van der Waals surface area contributed by atoms with Crippen LogP contribution in [-0.4, -0.2) is 59.4 Å². The monoisotopic (exact) mass is 343 g/mol. The SMILES string of the molecule is N#Cc1ccc(C(=O)N2CCCSCC2CN2CCCCC2)cc1. The van der Waals surface area contributed by atoms with Crippen LogP contribution in [0.1, 0.15) is 41.6 Å². The first kappa shape index (κ1) is 17.3. The number of hydrogen-bond donors (Lipinski definition) is 0. The Morgan fingerprint density at radius 2 is 1.88 bits per heavy atom. The number of amides is 1. The number of hydrogen-bond acceptors (Lipinski definition) is 4. The number of benzene rings is 1. The van der Waals surface area contributed by atoms with E-state index in [0.29, 0.717) is 17.2 Å². The Morgan fingerprint density at radius 3 is 2.58 bits per heavy atom. The number of nitriles is 1. The standard InChI is InChI=1S/C19H25N3OS/c20-13-16-5-7-17(8-6-16)19(23)22-11-4-12-24-15-18(22)14-21-9-2-1-3-10-21/h5-8,18H,1-4,9-12,14-15H2. The van der Waals surface area contributed by atoms with Crippen LogP contribution in [0.3, 0.4) is 0 Å². The highest BCUT2D eigenvalue weighted by atomic mass is 32.2. The summed E-state index contributed by atoms with van der Waals surface area (Å²) in [5, 5.41) is 8.92. The second kappa shape index (κ2) is 8.55. The van der Waals surface area contributed by atoms with Crippen LogP contribution in [0.2, 0.25) is 0 Å². The van der Waals surface area contributed by atoms with Gasteiger partial charge in [-0.25, -0.2) is 0 Å². The smallest absolute Gasteiger partial charge is 0.254 e. The number of carbonyl (C=O) groups is 1. The van der Waals surface area contributed by atoms with Crippen molar-refractivity contribution in [3.8, 4) is 6.07 Å². The van der Waals surface area contributed by atoms with Crippen LogP contribution in [0.4, 0.5) is 0 Å². The fraction of sp³-hybridized carbons (Fsp3) is 0.579. The number of likely N-dealkylation sites (tertiary alicyclic amines) is 1. The zero-order valence-corrected chi connectivity index (χ0v) is 14.9. The molecule has 2 fully saturated rings. The Morgan fingerprint density at radius 1 is 1.12 bits per heavy atom. The fourth-order valence-electron chi connectivity index (χ4n) is 3.54. The second-order valence-corrected chi connectivity index (χ2v) is 7.78. The molecule has 0 aromatic heterocycles. The van der Waals surface area contributed by atoms with Crippen LogP contribution in [0.15, 0.2) is 24.3 Å². The zero-order valence-electron chi connectivity index (χ0n) is 14.1. The van der Waals surface area contributed by atoms with Gasteiger partial charge >= 0.3 is 0 Å². The molecule has 3 rings (SSSR count). The summed E-state index contributed by atoms with van der Waals surface area (Å²) in [6, 6.07) is 9.45. The van der Waals surface area contributed by atoms with E-state index in [2.05, 4.69) is 15.9 Å². The summed E-state index contributed by atoms with van der Waals surface area (Å²) in [4.78, 5) is 17.6. The minimum atomic E-state index is 0.115. The second-order valence-electron chi connectivity index (χ2n) is 6.63. The molecule has 0 bridgehead atoms. The molecule has 2 saturated heterocycles. The molecule has 2 aliphatic heterocycles. The molecular weight excluding hydrogens is 318 g/mol. The van der Waals surface area contributed by atoms with Crippen LogP contribution < -0.4 is 0 Å². The summed E-state index contributed by atoms with van der Waals surface area (Å²) in [7, 11) is 0. The Bertz CT molecular complexity index is 590. The van der Waals surface area contributed by atoms with Gasteiger partial charge in [-0.2, -0.15) is 17.0 Å². The maximum atomic E-state index is 13.0. The van der Waals surface area contributed by atoms with Crippen LogP contribution >= 0.6 is 11.8 Å². The van der Waals surface area contributed by atoms with Crippen LogP contribution in [-0.2, 0) is 0 Å². The van der Waals surface area contributed by atoms with Gasteiger partial charge in [-0.05, 0) is 62.4 Å². The van der Waals surface area contributed by atoms with Crippen molar-refractivity contribution in [2.45, 2.75) is 31.7 Å². The van der Waals surface area contributed by atoms with Gasteiger partial charge in [0.25, 0.3) is 5.91 Å². The van der Waals surface area contributed by atoms with E-state index in [0.717, 1.165) is 31.0 Å². The summed E-state index contributed by atoms with van der Waals surface area (Å²) in [6.45, 7) is 4.17. The molecule has 1 aromatic carbocycles. The Labute approximate surface area is 148 Å². The summed E-state index contributed by atoms with van der Waals surface area (Å²) < 4.78 is 0. The molecule has 1 atom stereocenters. The minimum Gasteiger partial charge on any atom is -0.334 e. The van der Waals surface area contributed by atoms with E-state index in [1.54, 1.807) is 24.3 Å². The Kier molecular flexibility index (Phi) is 6.17. The van der Waals surface area contributed by atoms with Crippen molar-refractivity contribution in [2.24, 2.45) is 0 Å². The first-order valence-corrected chi connectivity index (χ1v) is 10.0. The Balaban J connectivity index is 1.72. The molecule has 5 heteroatoms. The molecule has 1 unspecified atom stereocenters. The van der Waals surface area contributed by atoms with Crippen molar-refractivity contribution < 1.29 is 4.79 Å². The van der Waals surface area contributed by atoms with Crippen molar-refractivity contribution in [3.05, 3.63) is 35.4 Å². The van der Waals surface area contributed by atoms with Gasteiger partial charge < -0.3 is 9.80 Å². The average Bonchev–Trinajstić information content (AvgIpc) is 2.87. The van der Waals surface area contributed by atoms with Gasteiger partial charge in [0.05, 0.1) is 17.7 Å². The van der Waals surface area contributed by atoms with Crippen LogP contribution in [0, 0.1) is 11.3 Å². The van der Waals surface area contributed by atoms with E-state index in [9.17, 15) is 4.79 Å². The maximum Gasteiger partial charge on any atom is 0.254 e. The molecule has 128 valence electrons. The molecule has 0 saturated carbocycles. The summed E-state index contributed by atoms with van der Waals surface area (Å²) >= 11 is 1.97. The predicted molar refractivity (Wildman–Crippen MR) is 98.2 cm³/mol. The Hall–Kier alpha value is -1.51. The van der Waals surface area contributed by atoms with Gasteiger partial charge in [0.15, 0.2) is 0 Å². The number of rotatable bonds is 3. The molecule has 2 aliphatic rings. The number of thioether (sulfide) groups is 1. The molecule has 24 heavy (non-hydrogen) atoms. The fourth-order valence-corrected chi connectivity index (χ4v) is 4.60. The third-order valence-electron chi connectivity index (χ3n) is 4.88. The van der Waals surface area contributed by atoms with E-state index in [-0.39, 0.29) is 5.91 Å². The summed E-state index contributed by atoms with van der Waals surface area (Å²) in [6.07, 6.45) is 4.96. The van der Waals surface area contributed by atoms with Crippen LogP contribution in [0.25, 0.3) is 0 Å². The van der Waals surface area contributed by atoms with Crippen molar-refractivity contribution in [2.75, 3.05) is 37.7 Å². The van der Waals surface area contributed by atoms with E-state index in [1.807, 2.05) is 11.8 Å². The lowest BCUT2D eigenvalue weighted by molar-refractivity contribution is 0.0645. The first-order valence-electron chi connectivity index (χ1n) is 8.89. The summed E-state index contributed by atoms with van der Waals surface area (Å²) in [5.41, 5.74) is 1.30. The lowest BCUT2D eigenvalue weighted by atomic mass is 10.1. The normalized spacial score (nSPS) is 22.6. The number of piperidine rings is 1. The van der Waals surface area contributed by atoms with Crippen molar-refractivity contribution in [1.29, 1.82) is 5.26 Å².